The summed E-state index contributed by atoms with van der Waals surface area (Å²) in [6.07, 6.45) is 3.98. The Balaban J connectivity index is 2.08. The molecule has 158 valence electrons. The maximum atomic E-state index is 13.1. The van der Waals surface area contributed by atoms with Crippen LogP contribution in [0.3, 0.4) is 0 Å². The Morgan fingerprint density at radius 3 is 2.27 bits per heavy atom. The molecule has 7 heteroatoms. The van der Waals surface area contributed by atoms with Crippen molar-refractivity contribution >= 4 is 23.9 Å². The van der Waals surface area contributed by atoms with Gasteiger partial charge in [0, 0.05) is 13.3 Å². The van der Waals surface area contributed by atoms with Crippen molar-refractivity contribution in [2.75, 3.05) is 7.11 Å². The molecular weight excluding hydrogens is 387 g/mol. The van der Waals surface area contributed by atoms with Gasteiger partial charge in [-0.05, 0) is 29.7 Å². The van der Waals surface area contributed by atoms with Crippen LogP contribution in [0.2, 0.25) is 0 Å². The number of halogens is 1. The van der Waals surface area contributed by atoms with Gasteiger partial charge in [-0.2, -0.15) is 0 Å². The summed E-state index contributed by atoms with van der Waals surface area (Å²) in [5, 5.41) is 5.21. The minimum absolute atomic E-state index is 0.152. The number of carbonyl (C=O) groups is 3. The van der Waals surface area contributed by atoms with Crippen molar-refractivity contribution in [3.05, 3.63) is 77.6 Å². The molecule has 2 aromatic rings. The molecule has 2 atom stereocenters. The van der Waals surface area contributed by atoms with Crippen molar-refractivity contribution in [3.63, 3.8) is 0 Å². The molecule has 0 unspecified atom stereocenters. The molecule has 2 amide bonds. The Labute approximate surface area is 175 Å². The average molecular weight is 412 g/mol. The summed E-state index contributed by atoms with van der Waals surface area (Å²) in [4.78, 5) is 36.5. The number of esters is 1. The normalized spacial score (nSPS) is 12.8. The number of hydrogen-bond acceptors (Lipinski definition) is 4. The summed E-state index contributed by atoms with van der Waals surface area (Å²) >= 11 is 0. The van der Waals surface area contributed by atoms with E-state index in [4.69, 9.17) is 4.74 Å². The molecule has 0 saturated heterocycles. The van der Waals surface area contributed by atoms with E-state index < -0.39 is 35.7 Å². The van der Waals surface area contributed by atoms with Crippen LogP contribution in [0.25, 0.3) is 6.08 Å². The first-order valence-electron chi connectivity index (χ1n) is 9.50. The van der Waals surface area contributed by atoms with E-state index in [9.17, 15) is 18.8 Å². The number of methoxy groups -OCH3 is 1. The first-order chi connectivity index (χ1) is 14.4. The number of hydrogen-bond donors (Lipinski definition) is 2. The monoisotopic (exact) mass is 412 g/mol. The van der Waals surface area contributed by atoms with Crippen molar-refractivity contribution in [1.82, 2.24) is 10.6 Å². The quantitative estimate of drug-likeness (QED) is 0.620. The number of ether oxygens (including phenoxy) is 1. The van der Waals surface area contributed by atoms with Crippen LogP contribution in [-0.4, -0.2) is 37.0 Å². The summed E-state index contributed by atoms with van der Waals surface area (Å²) in [6.45, 7) is 1.30. The topological polar surface area (TPSA) is 84.5 Å². The highest BCUT2D eigenvalue weighted by atomic mass is 19.1. The average Bonchev–Trinajstić information content (AvgIpc) is 2.74. The highest BCUT2D eigenvalue weighted by Crippen LogP contribution is 2.08. The summed E-state index contributed by atoms with van der Waals surface area (Å²) in [7, 11) is 1.24. The van der Waals surface area contributed by atoms with Gasteiger partial charge >= 0.3 is 5.97 Å². The minimum atomic E-state index is -0.918. The Morgan fingerprint density at radius 2 is 1.67 bits per heavy atom. The smallest absolute Gasteiger partial charge is 0.328 e. The van der Waals surface area contributed by atoms with Crippen LogP contribution in [0.5, 0.6) is 0 Å². The van der Waals surface area contributed by atoms with Gasteiger partial charge in [-0.1, -0.05) is 54.6 Å². The maximum Gasteiger partial charge on any atom is 0.328 e. The van der Waals surface area contributed by atoms with Crippen LogP contribution in [0.1, 0.15) is 24.5 Å². The highest BCUT2D eigenvalue weighted by molar-refractivity contribution is 5.90. The Bertz CT molecular complexity index is 882. The molecule has 30 heavy (non-hydrogen) atoms. The van der Waals surface area contributed by atoms with Crippen molar-refractivity contribution < 1.29 is 23.5 Å². The van der Waals surface area contributed by atoms with Gasteiger partial charge in [0.05, 0.1) is 7.11 Å². The predicted octanol–water partition coefficient (Wildman–Crippen LogP) is 2.63. The maximum absolute atomic E-state index is 13.1. The standard InChI is InChI=1S/C23H25FN2O4/c1-16(27)25-21(15-18-11-13-19(24)14-12-18)22(28)26-20(23(29)30-2)10-6-9-17-7-4-3-5-8-17/h3-9,11-14,20-21H,10,15H2,1-2H3,(H,25,27)(H,26,28)/b9-6+/t20-,21-/m0/s1. The largest absolute Gasteiger partial charge is 0.467 e. The van der Waals surface area contributed by atoms with Crippen molar-refractivity contribution in [2.24, 2.45) is 0 Å². The Morgan fingerprint density at radius 1 is 1.00 bits per heavy atom. The molecule has 2 N–H and O–H groups in total. The molecule has 0 spiro atoms. The zero-order chi connectivity index (χ0) is 21.9. The molecule has 0 aliphatic rings. The van der Waals surface area contributed by atoms with E-state index in [1.807, 2.05) is 36.4 Å². The first-order valence-corrected chi connectivity index (χ1v) is 9.50. The third kappa shape index (κ3) is 7.50. The van der Waals surface area contributed by atoms with Crippen LogP contribution in [0.4, 0.5) is 4.39 Å². The van der Waals surface area contributed by atoms with Gasteiger partial charge < -0.3 is 15.4 Å². The van der Waals surface area contributed by atoms with Crippen LogP contribution >= 0.6 is 0 Å². The third-order valence-corrected chi connectivity index (χ3v) is 4.33. The van der Waals surface area contributed by atoms with Crippen LogP contribution < -0.4 is 10.6 Å². The Kier molecular flexibility index (Phi) is 8.75. The van der Waals surface area contributed by atoms with Gasteiger partial charge in [0.25, 0.3) is 0 Å². The molecule has 0 bridgehead atoms. The van der Waals surface area contributed by atoms with E-state index in [-0.39, 0.29) is 12.8 Å². The predicted molar refractivity (Wildman–Crippen MR) is 112 cm³/mol. The summed E-state index contributed by atoms with van der Waals surface area (Å²) in [5.41, 5.74) is 1.63. The number of nitrogens with one attached hydrogen (secondary N) is 2. The fraction of sp³-hybridized carbons (Fsp3) is 0.261. The molecule has 0 aromatic heterocycles. The lowest BCUT2D eigenvalue weighted by Crippen LogP contribution is -2.52. The van der Waals surface area contributed by atoms with Crippen molar-refractivity contribution in [2.45, 2.75) is 31.8 Å². The lowest BCUT2D eigenvalue weighted by molar-refractivity contribution is -0.145. The van der Waals surface area contributed by atoms with E-state index in [2.05, 4.69) is 10.6 Å². The Hall–Kier alpha value is -3.48. The van der Waals surface area contributed by atoms with Gasteiger partial charge in [-0.15, -0.1) is 0 Å². The number of benzene rings is 2. The van der Waals surface area contributed by atoms with Gasteiger partial charge in [-0.3, -0.25) is 9.59 Å². The molecule has 2 aromatic carbocycles. The second-order valence-corrected chi connectivity index (χ2v) is 6.72. The zero-order valence-electron chi connectivity index (χ0n) is 16.9. The molecule has 0 aliphatic carbocycles. The zero-order valence-corrected chi connectivity index (χ0v) is 16.9. The van der Waals surface area contributed by atoms with Gasteiger partial charge in [0.1, 0.15) is 17.9 Å². The number of amides is 2. The molecule has 0 heterocycles. The van der Waals surface area contributed by atoms with Crippen LogP contribution in [-0.2, 0) is 25.5 Å². The summed E-state index contributed by atoms with van der Waals surface area (Å²) in [5.74, 6) is -1.91. The van der Waals surface area contributed by atoms with E-state index >= 15 is 0 Å². The van der Waals surface area contributed by atoms with Gasteiger partial charge in [0.15, 0.2) is 0 Å². The van der Waals surface area contributed by atoms with E-state index in [0.29, 0.717) is 5.56 Å². The van der Waals surface area contributed by atoms with Crippen LogP contribution in [0, 0.1) is 5.82 Å². The first kappa shape index (κ1) is 22.8. The number of carbonyl (C=O) groups excluding carboxylic acids is 3. The molecule has 0 aliphatic heterocycles. The second-order valence-electron chi connectivity index (χ2n) is 6.72. The molecule has 0 radical (unpaired) electrons. The fourth-order valence-electron chi connectivity index (χ4n) is 2.84. The summed E-state index contributed by atoms with van der Waals surface area (Å²) < 4.78 is 17.9. The van der Waals surface area contributed by atoms with E-state index in [1.165, 1.54) is 38.3 Å². The molecule has 0 fully saturated rings. The van der Waals surface area contributed by atoms with E-state index in [0.717, 1.165) is 5.56 Å². The van der Waals surface area contributed by atoms with Gasteiger partial charge in [0.2, 0.25) is 11.8 Å². The highest BCUT2D eigenvalue weighted by Gasteiger charge is 2.26. The van der Waals surface area contributed by atoms with Crippen molar-refractivity contribution in [3.8, 4) is 0 Å². The van der Waals surface area contributed by atoms with Gasteiger partial charge in [-0.25, -0.2) is 9.18 Å². The molecule has 2 rings (SSSR count). The fourth-order valence-corrected chi connectivity index (χ4v) is 2.84. The number of rotatable bonds is 9. The molecule has 0 saturated carbocycles. The van der Waals surface area contributed by atoms with Crippen molar-refractivity contribution in [1.29, 1.82) is 0 Å². The lowest BCUT2D eigenvalue weighted by Gasteiger charge is -2.21. The van der Waals surface area contributed by atoms with E-state index in [1.54, 1.807) is 6.08 Å². The molecule has 6 nitrogen and oxygen atoms in total. The SMILES string of the molecule is COC(=O)[C@H](C/C=C/c1ccccc1)NC(=O)[C@H](Cc1ccc(F)cc1)NC(C)=O. The third-order valence-electron chi connectivity index (χ3n) is 4.33. The minimum Gasteiger partial charge on any atom is -0.467 e. The second kappa shape index (κ2) is 11.5. The lowest BCUT2D eigenvalue weighted by atomic mass is 10.0. The van der Waals surface area contributed by atoms with Crippen LogP contribution in [0.15, 0.2) is 60.7 Å². The summed E-state index contributed by atoms with van der Waals surface area (Å²) in [6, 6.07) is 13.3. The molecular formula is C23H25FN2O4.